The second kappa shape index (κ2) is 9.18. The molecule has 0 spiro atoms. The molecule has 28 heavy (non-hydrogen) atoms. The molecule has 0 radical (unpaired) electrons. The summed E-state index contributed by atoms with van der Waals surface area (Å²) in [6.07, 6.45) is 6.31. The molecule has 2 N–H and O–H groups in total. The van der Waals surface area contributed by atoms with Crippen molar-refractivity contribution >= 4 is 11.8 Å². The van der Waals surface area contributed by atoms with E-state index in [-0.39, 0.29) is 11.8 Å². The van der Waals surface area contributed by atoms with Crippen LogP contribution in [0.15, 0.2) is 73.8 Å². The molecule has 0 bridgehead atoms. The quantitative estimate of drug-likeness (QED) is 0.698. The number of allylic oxidation sites excluding steroid dienone is 2. The van der Waals surface area contributed by atoms with E-state index in [1.165, 1.54) is 11.1 Å². The van der Waals surface area contributed by atoms with Crippen LogP contribution in [0.3, 0.4) is 0 Å². The molecule has 1 aliphatic rings. The Morgan fingerprint density at radius 1 is 0.643 bits per heavy atom. The van der Waals surface area contributed by atoms with Gasteiger partial charge in [0.05, 0.1) is 0 Å². The van der Waals surface area contributed by atoms with E-state index in [9.17, 15) is 9.59 Å². The van der Waals surface area contributed by atoms with Gasteiger partial charge in [0.25, 0.3) is 0 Å². The van der Waals surface area contributed by atoms with Crippen molar-refractivity contribution in [2.45, 2.75) is 37.8 Å². The zero-order chi connectivity index (χ0) is 19.9. The predicted octanol–water partition coefficient (Wildman–Crippen LogP) is 2.91. The Kier molecular flexibility index (Phi) is 6.43. The van der Waals surface area contributed by atoms with Crippen molar-refractivity contribution in [3.63, 3.8) is 0 Å². The van der Waals surface area contributed by atoms with Crippen molar-refractivity contribution in [3.05, 3.63) is 96.1 Å². The topological polar surface area (TPSA) is 58.2 Å². The Labute approximate surface area is 166 Å². The lowest BCUT2D eigenvalue weighted by molar-refractivity contribution is -0.136. The van der Waals surface area contributed by atoms with Gasteiger partial charge in [0.1, 0.15) is 12.1 Å². The molecule has 1 aliphatic heterocycles. The first-order valence-corrected chi connectivity index (χ1v) is 9.57. The predicted molar refractivity (Wildman–Crippen MR) is 112 cm³/mol. The monoisotopic (exact) mass is 374 g/mol. The Morgan fingerprint density at radius 3 is 1.29 bits per heavy atom. The smallest absolute Gasteiger partial charge is 0.243 e. The molecule has 0 saturated carbocycles. The minimum atomic E-state index is -0.538. The van der Waals surface area contributed by atoms with Gasteiger partial charge in [-0.1, -0.05) is 60.7 Å². The number of benzene rings is 2. The van der Waals surface area contributed by atoms with E-state index in [0.717, 1.165) is 24.0 Å². The van der Waals surface area contributed by atoms with Crippen LogP contribution in [0.4, 0.5) is 0 Å². The number of nitrogens with one attached hydrogen (secondary N) is 2. The van der Waals surface area contributed by atoms with E-state index in [4.69, 9.17) is 0 Å². The van der Waals surface area contributed by atoms with Crippen LogP contribution in [0.25, 0.3) is 0 Å². The highest BCUT2D eigenvalue weighted by Crippen LogP contribution is 2.13. The number of carbonyl (C=O) groups excluding carboxylic acids is 2. The fourth-order valence-electron chi connectivity index (χ4n) is 3.39. The summed E-state index contributed by atoms with van der Waals surface area (Å²) in [5, 5.41) is 5.75. The normalized spacial score (nSPS) is 18.9. The summed E-state index contributed by atoms with van der Waals surface area (Å²) in [6.45, 7) is 7.47. The molecule has 2 aromatic rings. The molecule has 144 valence electrons. The number of piperazine rings is 1. The Balaban J connectivity index is 1.58. The molecule has 4 nitrogen and oxygen atoms in total. The summed E-state index contributed by atoms with van der Waals surface area (Å²) in [4.78, 5) is 25.0. The molecule has 2 atom stereocenters. The highest BCUT2D eigenvalue weighted by atomic mass is 16.2. The highest BCUT2D eigenvalue weighted by Gasteiger charge is 2.33. The van der Waals surface area contributed by atoms with Crippen LogP contribution >= 0.6 is 0 Å². The molecular weight excluding hydrogens is 348 g/mol. The van der Waals surface area contributed by atoms with Crippen LogP contribution in [0, 0.1) is 0 Å². The lowest BCUT2D eigenvalue weighted by atomic mass is 9.97. The third kappa shape index (κ3) is 4.97. The molecule has 3 rings (SSSR count). The molecule has 1 heterocycles. The van der Waals surface area contributed by atoms with Gasteiger partial charge in [-0.2, -0.15) is 0 Å². The number of amides is 2. The average Bonchev–Trinajstić information content (AvgIpc) is 2.69. The van der Waals surface area contributed by atoms with Gasteiger partial charge in [0, 0.05) is 12.8 Å². The van der Waals surface area contributed by atoms with Crippen molar-refractivity contribution in [2.75, 3.05) is 0 Å². The molecule has 1 fully saturated rings. The Bertz CT molecular complexity index is 780. The van der Waals surface area contributed by atoms with Gasteiger partial charge in [-0.05, 0) is 35.1 Å². The van der Waals surface area contributed by atoms with E-state index in [1.807, 2.05) is 60.7 Å². The van der Waals surface area contributed by atoms with Gasteiger partial charge in [-0.3, -0.25) is 9.59 Å². The Hall–Kier alpha value is -3.14. The first-order chi connectivity index (χ1) is 13.6. The fraction of sp³-hybridized carbons (Fsp3) is 0.250. The molecule has 2 unspecified atom stereocenters. The SMILES string of the molecule is C=CCc1ccc(CC2NC(=O)C(Cc3ccc(CC=C)cc3)NC2=O)cc1. The van der Waals surface area contributed by atoms with Gasteiger partial charge in [0.2, 0.25) is 11.8 Å². The minimum Gasteiger partial charge on any atom is -0.342 e. The first kappa shape index (κ1) is 19.6. The van der Waals surface area contributed by atoms with Crippen LogP contribution < -0.4 is 10.6 Å². The number of hydrogen-bond donors (Lipinski definition) is 2. The summed E-state index contributed by atoms with van der Waals surface area (Å²) in [7, 11) is 0. The van der Waals surface area contributed by atoms with Crippen LogP contribution in [0.1, 0.15) is 22.3 Å². The summed E-state index contributed by atoms with van der Waals surface area (Å²) >= 11 is 0. The van der Waals surface area contributed by atoms with E-state index >= 15 is 0 Å². The lowest BCUT2D eigenvalue weighted by Gasteiger charge is -2.29. The van der Waals surface area contributed by atoms with Gasteiger partial charge in [-0.15, -0.1) is 13.2 Å². The van der Waals surface area contributed by atoms with E-state index in [1.54, 1.807) is 0 Å². The first-order valence-electron chi connectivity index (χ1n) is 9.57. The summed E-state index contributed by atoms with van der Waals surface area (Å²) in [5.41, 5.74) is 4.39. The van der Waals surface area contributed by atoms with Gasteiger partial charge in [0.15, 0.2) is 0 Å². The van der Waals surface area contributed by atoms with Crippen LogP contribution in [0.2, 0.25) is 0 Å². The van der Waals surface area contributed by atoms with Crippen LogP contribution in [-0.2, 0) is 35.3 Å². The number of hydrogen-bond acceptors (Lipinski definition) is 2. The van der Waals surface area contributed by atoms with E-state index in [0.29, 0.717) is 12.8 Å². The van der Waals surface area contributed by atoms with Crippen molar-refractivity contribution < 1.29 is 9.59 Å². The van der Waals surface area contributed by atoms with Gasteiger partial charge >= 0.3 is 0 Å². The minimum absolute atomic E-state index is 0.136. The molecule has 0 aliphatic carbocycles. The third-order valence-electron chi connectivity index (χ3n) is 4.95. The molecule has 1 saturated heterocycles. The summed E-state index contributed by atoms with van der Waals surface area (Å²) in [5.74, 6) is -0.272. The Morgan fingerprint density at radius 2 is 0.964 bits per heavy atom. The van der Waals surface area contributed by atoms with Crippen molar-refractivity contribution in [1.29, 1.82) is 0 Å². The van der Waals surface area contributed by atoms with Crippen molar-refractivity contribution in [2.24, 2.45) is 0 Å². The third-order valence-corrected chi connectivity index (χ3v) is 4.95. The maximum atomic E-state index is 12.5. The lowest BCUT2D eigenvalue weighted by Crippen LogP contribution is -2.62. The van der Waals surface area contributed by atoms with Crippen LogP contribution in [-0.4, -0.2) is 23.9 Å². The standard InChI is InChI=1S/C24H26N2O2/c1-3-5-17-7-11-19(12-8-17)15-21-23(27)26-22(24(28)25-21)16-20-13-9-18(6-4-2)10-14-20/h3-4,7-14,21-22H,1-2,5-6,15-16H2,(H,25,28)(H,26,27). The molecular formula is C24H26N2O2. The second-order valence-corrected chi connectivity index (χ2v) is 7.15. The highest BCUT2D eigenvalue weighted by molar-refractivity contribution is 5.97. The maximum absolute atomic E-state index is 12.5. The summed E-state index contributed by atoms with van der Waals surface area (Å²) in [6, 6.07) is 15.0. The van der Waals surface area contributed by atoms with Gasteiger partial charge in [-0.25, -0.2) is 0 Å². The molecule has 2 amide bonds. The van der Waals surface area contributed by atoms with Crippen molar-refractivity contribution in [1.82, 2.24) is 10.6 Å². The van der Waals surface area contributed by atoms with Gasteiger partial charge < -0.3 is 10.6 Å². The summed E-state index contributed by atoms with van der Waals surface area (Å²) < 4.78 is 0. The molecule has 2 aromatic carbocycles. The van der Waals surface area contributed by atoms with E-state index < -0.39 is 12.1 Å². The van der Waals surface area contributed by atoms with Crippen LogP contribution in [0.5, 0.6) is 0 Å². The van der Waals surface area contributed by atoms with E-state index in [2.05, 4.69) is 23.8 Å². The maximum Gasteiger partial charge on any atom is 0.243 e. The second-order valence-electron chi connectivity index (χ2n) is 7.15. The fourth-order valence-corrected chi connectivity index (χ4v) is 3.39. The number of carbonyl (C=O) groups is 2. The number of rotatable bonds is 8. The zero-order valence-corrected chi connectivity index (χ0v) is 16.0. The molecule has 0 aromatic heterocycles. The largest absolute Gasteiger partial charge is 0.342 e. The zero-order valence-electron chi connectivity index (χ0n) is 16.0. The van der Waals surface area contributed by atoms with Crippen molar-refractivity contribution in [3.8, 4) is 0 Å². The molecule has 4 heteroatoms. The average molecular weight is 374 g/mol.